The van der Waals surface area contributed by atoms with Crippen molar-refractivity contribution in [3.8, 4) is 0 Å². The van der Waals surface area contributed by atoms with Gasteiger partial charge in [-0.3, -0.25) is 4.21 Å². The third-order valence-corrected chi connectivity index (χ3v) is 10.9. The summed E-state index contributed by atoms with van der Waals surface area (Å²) in [5, 5.41) is 0. The van der Waals surface area contributed by atoms with Crippen LogP contribution in [-0.2, 0) is 40.2 Å². The van der Waals surface area contributed by atoms with Crippen molar-refractivity contribution in [2.75, 3.05) is 27.2 Å². The minimum absolute atomic E-state index is 0.217. The molecule has 176 valence electrons. The monoisotopic (exact) mass is 520 g/mol. The summed E-state index contributed by atoms with van der Waals surface area (Å²) in [4.78, 5) is 0. The van der Waals surface area contributed by atoms with E-state index >= 15 is 0 Å². The van der Waals surface area contributed by atoms with E-state index < -0.39 is 64.3 Å². The molecular weight excluding hydrogens is 504 g/mol. The van der Waals surface area contributed by atoms with E-state index in [-0.39, 0.29) is 8.61 Å². The second-order valence-corrected chi connectivity index (χ2v) is 12.6. The van der Waals surface area contributed by atoms with Crippen LogP contribution < -0.4 is 0 Å². The number of nitrogens with zero attached hydrogens (tertiary/aromatic N) is 5. The van der Waals surface area contributed by atoms with Gasteiger partial charge in [-0.05, 0) is 0 Å². The number of rotatable bonds is 7. The van der Waals surface area contributed by atoms with Crippen molar-refractivity contribution >= 4 is 40.2 Å². The molecule has 0 aliphatic rings. The van der Waals surface area contributed by atoms with Crippen molar-refractivity contribution in [3.05, 3.63) is 0 Å². The van der Waals surface area contributed by atoms with Gasteiger partial charge in [0.25, 0.3) is 0 Å². The van der Waals surface area contributed by atoms with Crippen molar-refractivity contribution in [1.29, 1.82) is 0 Å². The van der Waals surface area contributed by atoms with Crippen molar-refractivity contribution in [2.45, 2.75) is 24.9 Å². The molecule has 21 heteroatoms. The fourth-order valence-corrected chi connectivity index (χ4v) is 7.99. The highest BCUT2D eigenvalue weighted by Crippen LogP contribution is 2.29. The summed E-state index contributed by atoms with van der Waals surface area (Å²) in [5.41, 5.74) is -12.2. The molecule has 29 heavy (non-hydrogen) atoms. The third-order valence-electron chi connectivity index (χ3n) is 2.87. The molecule has 0 N–H and O–H groups in total. The van der Waals surface area contributed by atoms with Gasteiger partial charge in [0.15, 0.2) is 0 Å². The molecule has 3 atom stereocenters. The Labute approximate surface area is 164 Å². The van der Waals surface area contributed by atoms with E-state index in [9.17, 15) is 51.9 Å². The van der Waals surface area contributed by atoms with Crippen LogP contribution in [0.4, 0.5) is 26.3 Å². The predicted octanol–water partition coefficient (Wildman–Crippen LogP) is 1.45. The zero-order valence-corrected chi connectivity index (χ0v) is 18.3. The second kappa shape index (κ2) is 8.78. The highest BCUT2D eigenvalue weighted by atomic mass is 32.3. The first-order valence-electron chi connectivity index (χ1n) is 6.94. The Morgan fingerprint density at radius 2 is 1.07 bits per heavy atom. The second-order valence-electron chi connectivity index (χ2n) is 4.89. The standard InChI is InChI=1S/C8H17F6N5O6S4/c1-5-18(3)28(24,15-26(20,21)7(9,10)11)17-29(25,19(4)6-2)16-27(22,23)8(12,13)14/h5-6H2,1-4H3,(H,15,16,17,20,21,24,25)/p-1. The molecule has 0 saturated heterocycles. The average Bonchev–Trinajstić information content (AvgIpc) is 2.49. The van der Waals surface area contributed by atoms with Crippen molar-refractivity contribution in [1.82, 2.24) is 8.61 Å². The minimum atomic E-state index is -6.53. The SMILES string of the molecule is CCN(C)S(=O)(=NS(=O)(=O)C(F)(F)F)N=S(=O)(N=S(=O)([O-])C(F)(F)F)N(C)CC. The average molecular weight is 521 g/mol. The summed E-state index contributed by atoms with van der Waals surface area (Å²) in [6.07, 6.45) is 0. The number of hydrogen-bond acceptors (Lipinski definition) is 6. The summed E-state index contributed by atoms with van der Waals surface area (Å²) in [6, 6.07) is 0. The minimum Gasteiger partial charge on any atom is -0.757 e. The van der Waals surface area contributed by atoms with Crippen LogP contribution in [0.3, 0.4) is 0 Å². The van der Waals surface area contributed by atoms with Gasteiger partial charge in [0, 0.05) is 27.2 Å². The molecule has 0 aliphatic carbocycles. The quantitative estimate of drug-likeness (QED) is 0.463. The largest absolute Gasteiger partial charge is 0.757 e. The van der Waals surface area contributed by atoms with Gasteiger partial charge in [-0.2, -0.15) is 34.8 Å². The van der Waals surface area contributed by atoms with Crippen LogP contribution in [0.5, 0.6) is 0 Å². The van der Waals surface area contributed by atoms with Crippen molar-refractivity contribution < 1.29 is 51.9 Å². The molecule has 0 radical (unpaired) electrons. The van der Waals surface area contributed by atoms with Crippen LogP contribution in [0.15, 0.2) is 11.3 Å². The van der Waals surface area contributed by atoms with Gasteiger partial charge in [0.1, 0.15) is 10.0 Å². The first-order chi connectivity index (χ1) is 12.6. The van der Waals surface area contributed by atoms with Gasteiger partial charge in [-0.15, -0.1) is 3.77 Å². The van der Waals surface area contributed by atoms with E-state index in [4.69, 9.17) is 0 Å². The van der Waals surface area contributed by atoms with Crippen LogP contribution >= 0.6 is 0 Å². The maximum atomic E-state index is 12.7. The number of alkyl halides is 6. The topological polar surface area (TPSA) is 152 Å². The maximum Gasteiger partial charge on any atom is 0.519 e. The van der Waals surface area contributed by atoms with Crippen molar-refractivity contribution in [2.24, 2.45) is 11.3 Å². The summed E-state index contributed by atoms with van der Waals surface area (Å²) >= 11 is 0. The lowest BCUT2D eigenvalue weighted by Crippen LogP contribution is -2.33. The Bertz CT molecular complexity index is 1070. The number of hydrogen-bond donors (Lipinski definition) is 0. The molecule has 0 aromatic carbocycles. The highest BCUT2D eigenvalue weighted by Gasteiger charge is 2.48. The van der Waals surface area contributed by atoms with E-state index in [1.54, 1.807) is 0 Å². The molecule has 0 bridgehead atoms. The van der Waals surface area contributed by atoms with Crippen LogP contribution in [0, 0.1) is 0 Å². The lowest BCUT2D eigenvalue weighted by atomic mass is 10.8. The van der Waals surface area contributed by atoms with Gasteiger partial charge >= 0.3 is 21.0 Å². The van der Waals surface area contributed by atoms with Gasteiger partial charge < -0.3 is 4.55 Å². The normalized spacial score (nSPS) is 19.9. The Morgan fingerprint density at radius 1 is 0.724 bits per heavy atom. The maximum absolute atomic E-state index is 12.7. The molecule has 0 heterocycles. The van der Waals surface area contributed by atoms with E-state index in [0.717, 1.165) is 13.8 Å². The van der Waals surface area contributed by atoms with E-state index in [2.05, 4.69) is 11.3 Å². The van der Waals surface area contributed by atoms with Gasteiger partial charge in [-0.1, -0.05) is 21.4 Å². The molecule has 0 fully saturated rings. The molecule has 0 amide bonds. The number of halogens is 6. The van der Waals surface area contributed by atoms with Gasteiger partial charge in [0.05, 0.1) is 0 Å². The lowest BCUT2D eigenvalue weighted by Gasteiger charge is -2.23. The summed E-state index contributed by atoms with van der Waals surface area (Å²) in [6.45, 7) is 1.13. The Morgan fingerprint density at radius 3 is 1.34 bits per heavy atom. The lowest BCUT2D eigenvalue weighted by molar-refractivity contribution is -0.0475. The molecule has 11 nitrogen and oxygen atoms in total. The summed E-state index contributed by atoms with van der Waals surface area (Å²) < 4.78 is 153. The molecule has 0 aromatic rings. The fourth-order valence-electron chi connectivity index (χ4n) is 1.06. The first-order valence-corrected chi connectivity index (χ1v) is 12.7. The van der Waals surface area contributed by atoms with Crippen LogP contribution in [0.25, 0.3) is 0 Å². The number of sulfonamides is 1. The smallest absolute Gasteiger partial charge is 0.519 e. The molecule has 0 spiro atoms. The Balaban J connectivity index is 7.56. The molecule has 0 saturated carbocycles. The molecule has 0 aromatic heterocycles. The Hall–Kier alpha value is -0.740. The molecule has 3 unspecified atom stereocenters. The van der Waals surface area contributed by atoms with E-state index in [0.29, 0.717) is 14.1 Å². The molecule has 0 aliphatic heterocycles. The zero-order chi connectivity index (χ0) is 23.7. The van der Waals surface area contributed by atoms with E-state index in [1.165, 1.54) is 0 Å². The zero-order valence-electron chi connectivity index (χ0n) is 15.0. The van der Waals surface area contributed by atoms with Gasteiger partial charge in [0.2, 0.25) is 20.2 Å². The van der Waals surface area contributed by atoms with Crippen LogP contribution in [0.2, 0.25) is 0 Å². The molecular formula is C8H16F6N5O6S4-. The van der Waals surface area contributed by atoms with Gasteiger partial charge in [-0.25, -0.2) is 17.0 Å². The summed E-state index contributed by atoms with van der Waals surface area (Å²) in [5.74, 6) is 0. The highest BCUT2D eigenvalue weighted by molar-refractivity contribution is 8.08. The fraction of sp³-hybridized carbons (Fsp3) is 1.00. The summed E-state index contributed by atoms with van der Waals surface area (Å²) in [7, 11) is -22.2. The van der Waals surface area contributed by atoms with Crippen LogP contribution in [0.1, 0.15) is 13.8 Å². The van der Waals surface area contributed by atoms with Crippen LogP contribution in [-0.4, -0.2) is 72.4 Å². The third kappa shape index (κ3) is 6.62. The van der Waals surface area contributed by atoms with E-state index in [1.807, 2.05) is 0 Å². The van der Waals surface area contributed by atoms with Crippen molar-refractivity contribution in [3.63, 3.8) is 0 Å². The predicted molar refractivity (Wildman–Crippen MR) is 90.1 cm³/mol. The molecule has 0 rings (SSSR count). The Kier molecular flexibility index (Phi) is 8.56. The first kappa shape index (κ1) is 28.3.